The minimum atomic E-state index is -0.583. The molecular weight excluding hydrogens is 465 g/mol. The van der Waals surface area contributed by atoms with Gasteiger partial charge in [-0.15, -0.1) is 0 Å². The number of hydrogen-bond donors (Lipinski definition) is 1. The van der Waals surface area contributed by atoms with Gasteiger partial charge in [-0.05, 0) is 42.3 Å². The number of ether oxygens (including phenoxy) is 1. The predicted molar refractivity (Wildman–Crippen MR) is 131 cm³/mol. The van der Waals surface area contributed by atoms with Crippen LogP contribution in [-0.4, -0.2) is 65.1 Å². The van der Waals surface area contributed by atoms with Crippen molar-refractivity contribution in [1.82, 2.24) is 20.2 Å². The van der Waals surface area contributed by atoms with Gasteiger partial charge >= 0.3 is 6.09 Å². The van der Waals surface area contributed by atoms with Crippen LogP contribution in [-0.2, 0) is 9.53 Å². The summed E-state index contributed by atoms with van der Waals surface area (Å²) >= 11 is 0. The third-order valence-corrected chi connectivity index (χ3v) is 6.23. The summed E-state index contributed by atoms with van der Waals surface area (Å²) in [5.41, 5.74) is 3.25. The van der Waals surface area contributed by atoms with Crippen molar-refractivity contribution in [1.29, 1.82) is 0 Å². The van der Waals surface area contributed by atoms with Gasteiger partial charge in [0.05, 0.1) is 36.0 Å². The maximum atomic E-state index is 15.1. The zero-order valence-corrected chi connectivity index (χ0v) is 19.6. The molecule has 0 unspecified atom stereocenters. The van der Waals surface area contributed by atoms with E-state index < -0.39 is 18.0 Å². The van der Waals surface area contributed by atoms with Crippen molar-refractivity contribution in [2.24, 2.45) is 0 Å². The molecule has 1 N–H and O–H groups in total. The van der Waals surface area contributed by atoms with Crippen molar-refractivity contribution in [2.45, 2.75) is 19.4 Å². The average molecular weight is 490 g/mol. The number of nitrogens with one attached hydrogen (secondary N) is 1. The summed E-state index contributed by atoms with van der Waals surface area (Å²) in [6.07, 6.45) is 2.71. The largest absolute Gasteiger partial charge is 0.442 e. The molecule has 5 rings (SSSR count). The second-order valence-corrected chi connectivity index (χ2v) is 8.69. The molecule has 1 saturated heterocycles. The van der Waals surface area contributed by atoms with E-state index in [1.165, 1.54) is 24.1 Å². The smallest absolute Gasteiger partial charge is 0.414 e. The quantitative estimate of drug-likeness (QED) is 0.590. The Kier molecular flexibility index (Phi) is 6.32. The minimum absolute atomic E-state index is 0.199. The van der Waals surface area contributed by atoms with Crippen LogP contribution in [0.1, 0.15) is 29.4 Å². The van der Waals surface area contributed by atoms with Gasteiger partial charge in [0.1, 0.15) is 17.6 Å². The van der Waals surface area contributed by atoms with Gasteiger partial charge < -0.3 is 15.0 Å². The highest BCUT2D eigenvalue weighted by atomic mass is 19.1. The number of carbonyl (C=O) groups excluding carboxylic acids is 3. The first-order valence-corrected chi connectivity index (χ1v) is 11.6. The topological polar surface area (TPSA) is 105 Å². The van der Waals surface area contributed by atoms with Crippen LogP contribution in [0.5, 0.6) is 0 Å². The zero-order chi connectivity index (χ0) is 25.2. The van der Waals surface area contributed by atoms with Gasteiger partial charge in [0, 0.05) is 25.6 Å². The molecule has 3 heterocycles. The fourth-order valence-electron chi connectivity index (χ4n) is 4.35. The highest BCUT2D eigenvalue weighted by molar-refractivity contribution is 5.94. The monoisotopic (exact) mass is 489 g/mol. The van der Waals surface area contributed by atoms with E-state index in [0.29, 0.717) is 36.3 Å². The first-order valence-electron chi connectivity index (χ1n) is 11.6. The standard InChI is InChI=1S/C26H24FN5O4/c1-16(33)28-13-19-15-32(26(35)36-19)18-6-7-20(21(27)12-18)17-8-10-31(11-9-17)25(34)24-14-29-22-4-2-3-5-23(22)30-24/h2-8,12,14,19H,9-11,13,15H2,1H3,(H,28,33)/t19-/m0/s1. The molecule has 0 radical (unpaired) electrons. The molecule has 3 aromatic rings. The number of nitrogens with zero attached hydrogens (tertiary/aromatic N) is 4. The van der Waals surface area contributed by atoms with Crippen LogP contribution in [0.2, 0.25) is 0 Å². The molecule has 36 heavy (non-hydrogen) atoms. The van der Waals surface area contributed by atoms with Gasteiger partial charge in [0.15, 0.2) is 0 Å². The van der Waals surface area contributed by atoms with Crippen LogP contribution in [0.4, 0.5) is 14.9 Å². The van der Waals surface area contributed by atoms with Crippen molar-refractivity contribution < 1.29 is 23.5 Å². The average Bonchev–Trinajstić information content (AvgIpc) is 3.27. The Hall–Kier alpha value is -4.34. The van der Waals surface area contributed by atoms with Gasteiger partial charge in [-0.3, -0.25) is 19.5 Å². The molecule has 9 nitrogen and oxygen atoms in total. The highest BCUT2D eigenvalue weighted by Crippen LogP contribution is 2.30. The number of amides is 3. The lowest BCUT2D eigenvalue weighted by atomic mass is 9.98. The van der Waals surface area contributed by atoms with Crippen LogP contribution >= 0.6 is 0 Å². The lowest BCUT2D eigenvalue weighted by Gasteiger charge is -2.26. The van der Waals surface area contributed by atoms with Gasteiger partial charge in [0.25, 0.3) is 5.91 Å². The number of anilines is 1. The van der Waals surface area contributed by atoms with Crippen molar-refractivity contribution in [3.05, 3.63) is 71.8 Å². The molecule has 2 aromatic carbocycles. The van der Waals surface area contributed by atoms with Crippen LogP contribution in [0.3, 0.4) is 0 Å². The molecule has 0 spiro atoms. The third kappa shape index (κ3) is 4.74. The molecule has 0 saturated carbocycles. The first-order chi connectivity index (χ1) is 17.4. The van der Waals surface area contributed by atoms with Crippen molar-refractivity contribution >= 4 is 40.2 Å². The maximum Gasteiger partial charge on any atom is 0.414 e. The number of benzene rings is 2. The lowest BCUT2D eigenvalue weighted by molar-refractivity contribution is -0.119. The molecule has 1 atom stereocenters. The summed E-state index contributed by atoms with van der Waals surface area (Å²) in [7, 11) is 0. The fourth-order valence-corrected chi connectivity index (χ4v) is 4.35. The Bertz CT molecular complexity index is 1390. The maximum absolute atomic E-state index is 15.1. The molecule has 2 aliphatic heterocycles. The number of halogens is 1. The Morgan fingerprint density at radius 1 is 1.19 bits per heavy atom. The number of aromatic nitrogens is 2. The minimum Gasteiger partial charge on any atom is -0.442 e. The van der Waals surface area contributed by atoms with E-state index in [0.717, 1.165) is 11.1 Å². The van der Waals surface area contributed by atoms with Crippen molar-refractivity contribution in [3.63, 3.8) is 0 Å². The number of cyclic esters (lactones) is 1. The molecule has 3 amide bonds. The molecular formula is C26H24FN5O4. The van der Waals surface area contributed by atoms with Gasteiger partial charge in [-0.1, -0.05) is 18.2 Å². The Labute approximate surface area is 206 Å². The summed E-state index contributed by atoms with van der Waals surface area (Å²) in [5.74, 6) is -0.899. The second-order valence-electron chi connectivity index (χ2n) is 8.69. The summed E-state index contributed by atoms with van der Waals surface area (Å²) in [5, 5.41) is 2.61. The van der Waals surface area contributed by atoms with E-state index in [-0.39, 0.29) is 30.6 Å². The molecule has 184 valence electrons. The molecule has 2 aliphatic rings. The van der Waals surface area contributed by atoms with Gasteiger partial charge in [-0.25, -0.2) is 14.2 Å². The number of para-hydroxylation sites is 2. The van der Waals surface area contributed by atoms with Crippen LogP contribution in [0.15, 0.2) is 54.7 Å². The highest BCUT2D eigenvalue weighted by Gasteiger charge is 2.33. The first kappa shape index (κ1) is 23.4. The van der Waals surface area contributed by atoms with Crippen LogP contribution in [0, 0.1) is 5.82 Å². The number of rotatable bonds is 5. The molecule has 1 aromatic heterocycles. The fraction of sp³-hybridized carbons (Fsp3) is 0.269. The molecule has 1 fully saturated rings. The van der Waals surface area contributed by atoms with E-state index in [1.54, 1.807) is 17.0 Å². The Morgan fingerprint density at radius 2 is 2.00 bits per heavy atom. The van der Waals surface area contributed by atoms with E-state index in [9.17, 15) is 14.4 Å². The van der Waals surface area contributed by atoms with Crippen molar-refractivity contribution in [2.75, 3.05) is 31.1 Å². The van der Waals surface area contributed by atoms with Crippen molar-refractivity contribution in [3.8, 4) is 0 Å². The molecule has 10 heteroatoms. The normalized spacial score (nSPS) is 17.7. The number of fused-ring (bicyclic) bond motifs is 1. The SMILES string of the molecule is CC(=O)NC[C@H]1CN(c2ccc(C3=CCN(C(=O)c4cnc5ccccc5n4)CC3)c(F)c2)C(=O)O1. The number of hydrogen-bond acceptors (Lipinski definition) is 6. The Morgan fingerprint density at radius 3 is 2.72 bits per heavy atom. The van der Waals surface area contributed by atoms with E-state index >= 15 is 4.39 Å². The van der Waals surface area contributed by atoms with Crippen LogP contribution < -0.4 is 10.2 Å². The lowest BCUT2D eigenvalue weighted by Crippen LogP contribution is -2.35. The van der Waals surface area contributed by atoms with Gasteiger partial charge in [-0.2, -0.15) is 0 Å². The van der Waals surface area contributed by atoms with Crippen LogP contribution in [0.25, 0.3) is 16.6 Å². The molecule has 0 aliphatic carbocycles. The summed E-state index contributed by atoms with van der Waals surface area (Å²) in [4.78, 5) is 48.0. The summed E-state index contributed by atoms with van der Waals surface area (Å²) in [6, 6.07) is 12.0. The van der Waals surface area contributed by atoms with E-state index in [2.05, 4.69) is 15.3 Å². The number of carbonyl (C=O) groups is 3. The van der Waals surface area contributed by atoms with E-state index in [1.807, 2.05) is 30.3 Å². The zero-order valence-electron chi connectivity index (χ0n) is 19.6. The second kappa shape index (κ2) is 9.73. The Balaban J connectivity index is 1.26. The molecule has 0 bridgehead atoms. The summed E-state index contributed by atoms with van der Waals surface area (Å²) < 4.78 is 20.3. The summed E-state index contributed by atoms with van der Waals surface area (Å²) in [6.45, 7) is 2.55. The predicted octanol–water partition coefficient (Wildman–Crippen LogP) is 3.16. The third-order valence-electron chi connectivity index (χ3n) is 6.23. The van der Waals surface area contributed by atoms with Gasteiger partial charge in [0.2, 0.25) is 5.91 Å². The van der Waals surface area contributed by atoms with E-state index in [4.69, 9.17) is 4.74 Å².